The van der Waals surface area contributed by atoms with Gasteiger partial charge in [0, 0.05) is 62.9 Å². The second-order valence-electron chi connectivity index (χ2n) is 22.3. The number of para-hydroxylation sites is 1. The van der Waals surface area contributed by atoms with Crippen molar-refractivity contribution >= 4 is 49.4 Å². The van der Waals surface area contributed by atoms with Gasteiger partial charge in [-0.3, -0.25) is 24.2 Å². The summed E-state index contributed by atoms with van der Waals surface area (Å²) in [5.41, 5.74) is 7.31. The first-order chi connectivity index (χ1) is 35.8. The molecule has 0 radical (unpaired) electrons. The third-order valence-electron chi connectivity index (χ3n) is 16.0. The number of carbonyl (C=O) groups is 3. The molecule has 75 heavy (non-hydrogen) atoms. The lowest BCUT2D eigenvalue weighted by Crippen LogP contribution is -2.63. The first-order valence-corrected chi connectivity index (χ1v) is 30.2. The Morgan fingerprint density at radius 1 is 1.01 bits per heavy atom. The molecule has 404 valence electrons. The lowest BCUT2D eigenvalue weighted by Gasteiger charge is -2.51. The van der Waals surface area contributed by atoms with Gasteiger partial charge < -0.3 is 44.3 Å². The molecule has 4 aliphatic rings. The highest BCUT2D eigenvalue weighted by Crippen LogP contribution is 2.41. The number of benzene rings is 2. The Hall–Kier alpha value is -5.93. The Balaban J connectivity index is 0.00000243. The topological polar surface area (TPSA) is 212 Å². The maximum atomic E-state index is 14.9. The summed E-state index contributed by atoms with van der Waals surface area (Å²) in [7, 11) is -2.23. The highest BCUT2D eigenvalue weighted by molar-refractivity contribution is 7.13. The molecule has 0 spiro atoms. The number of aryl methyl sites for hydroxylation is 1. The SMILES string of the molecule is Cc1ncsc1-c1ccc([C@H](C)NC(=O)[C@@H]2C[C@@H](O[Si](C)(C)C(C)(C)C)CN2C(=O)[C@@H](c2cc(OCCN3CCC(N4CCN5c6cc(-c7ccccc7O)nnc6N[C@@H](C)[C@@H]5C4)CC3)no2)C(C)C)cc1.O=CO. The van der Waals surface area contributed by atoms with E-state index in [1.807, 2.05) is 63.5 Å². The van der Waals surface area contributed by atoms with Gasteiger partial charge in [-0.25, -0.2) is 4.98 Å². The van der Waals surface area contributed by atoms with Crippen LogP contribution in [0.3, 0.4) is 0 Å². The number of hydrogen-bond acceptors (Lipinski definition) is 16. The molecule has 20 heteroatoms. The van der Waals surface area contributed by atoms with Crippen LogP contribution < -0.4 is 20.3 Å². The number of amides is 2. The number of hydrogen-bond donors (Lipinski definition) is 4. The Kier molecular flexibility index (Phi) is 17.4. The maximum absolute atomic E-state index is 14.9. The first kappa shape index (κ1) is 55.3. The van der Waals surface area contributed by atoms with Crippen LogP contribution in [0.1, 0.15) is 96.7 Å². The minimum Gasteiger partial charge on any atom is -0.507 e. The lowest BCUT2D eigenvalue weighted by atomic mass is 9.91. The number of piperidine rings is 1. The average Bonchev–Trinajstić information content (AvgIpc) is 4.14. The fraction of sp³-hybridized carbons (Fsp3) is 0.545. The molecule has 18 nitrogen and oxygen atoms in total. The number of fused-ring (bicyclic) bond motifs is 3. The fourth-order valence-corrected chi connectivity index (χ4v) is 12.9. The number of rotatable bonds is 15. The zero-order valence-electron chi connectivity index (χ0n) is 45.2. The number of nitrogens with zero attached hydrogens (tertiary/aromatic N) is 8. The molecule has 0 unspecified atom stereocenters. The van der Waals surface area contributed by atoms with Crippen LogP contribution in [0.5, 0.6) is 11.6 Å². The number of piperazine rings is 1. The fourth-order valence-electron chi connectivity index (χ4n) is 10.8. The molecule has 4 N–H and O–H groups in total. The summed E-state index contributed by atoms with van der Waals surface area (Å²) in [6.45, 7) is 27.3. The van der Waals surface area contributed by atoms with E-state index in [4.69, 9.17) is 23.6 Å². The van der Waals surface area contributed by atoms with Gasteiger partial charge in [-0.1, -0.05) is 71.0 Å². The molecule has 6 atom stereocenters. The van der Waals surface area contributed by atoms with Crippen LogP contribution >= 0.6 is 11.3 Å². The number of thiazole rings is 1. The molecule has 2 amide bonds. The van der Waals surface area contributed by atoms with Gasteiger partial charge in [0.05, 0.1) is 45.7 Å². The molecule has 3 fully saturated rings. The molecular weight excluding hydrogens is 989 g/mol. The van der Waals surface area contributed by atoms with Crippen molar-refractivity contribution in [3.8, 4) is 33.3 Å². The summed E-state index contributed by atoms with van der Waals surface area (Å²) < 4.78 is 19.0. The second-order valence-corrected chi connectivity index (χ2v) is 28.0. The number of likely N-dealkylation sites (tertiary alicyclic amines) is 2. The lowest BCUT2D eigenvalue weighted by molar-refractivity contribution is -0.141. The third kappa shape index (κ3) is 12.5. The van der Waals surface area contributed by atoms with Crippen molar-refractivity contribution in [2.24, 2.45) is 5.92 Å². The number of ether oxygens (including phenoxy) is 1. The van der Waals surface area contributed by atoms with E-state index < -0.39 is 20.3 Å². The van der Waals surface area contributed by atoms with Crippen LogP contribution in [0.4, 0.5) is 11.5 Å². The molecule has 0 aliphatic carbocycles. The Morgan fingerprint density at radius 2 is 1.73 bits per heavy atom. The van der Waals surface area contributed by atoms with Gasteiger partial charge in [0.2, 0.25) is 11.8 Å². The number of carbonyl (C=O) groups excluding carboxylic acids is 2. The van der Waals surface area contributed by atoms with Crippen LogP contribution in [0.15, 0.2) is 70.7 Å². The van der Waals surface area contributed by atoms with Crippen molar-refractivity contribution in [3.63, 3.8) is 0 Å². The summed E-state index contributed by atoms with van der Waals surface area (Å²) in [6, 6.07) is 19.3. The average molecular weight is 1070 g/mol. The summed E-state index contributed by atoms with van der Waals surface area (Å²) in [4.78, 5) is 52.4. The van der Waals surface area contributed by atoms with Crippen LogP contribution in [0, 0.1) is 12.8 Å². The molecule has 4 aliphatic heterocycles. The van der Waals surface area contributed by atoms with Crippen LogP contribution in [0.25, 0.3) is 21.7 Å². The monoisotopic (exact) mass is 1060 g/mol. The van der Waals surface area contributed by atoms with Gasteiger partial charge in [-0.2, -0.15) is 0 Å². The molecule has 9 rings (SSSR count). The summed E-state index contributed by atoms with van der Waals surface area (Å²) >= 11 is 1.61. The third-order valence-corrected chi connectivity index (χ3v) is 21.5. The van der Waals surface area contributed by atoms with E-state index in [0.29, 0.717) is 48.5 Å². The molecular formula is C55H76N10O8SSi. The Bertz CT molecular complexity index is 2740. The normalized spacial score (nSPS) is 21.3. The minimum absolute atomic E-state index is 0.0377. The molecule has 3 saturated heterocycles. The highest BCUT2D eigenvalue weighted by atomic mass is 32.1. The van der Waals surface area contributed by atoms with Crippen molar-refractivity contribution in [1.29, 1.82) is 0 Å². The molecule has 3 aromatic heterocycles. The van der Waals surface area contributed by atoms with Crippen LogP contribution in [0.2, 0.25) is 18.1 Å². The summed E-state index contributed by atoms with van der Waals surface area (Å²) in [6.07, 6.45) is 2.29. The van der Waals surface area contributed by atoms with Gasteiger partial charge in [0.1, 0.15) is 24.3 Å². The van der Waals surface area contributed by atoms with Crippen LogP contribution in [-0.2, 0) is 18.8 Å². The molecule has 2 aromatic carbocycles. The predicted octanol–water partition coefficient (Wildman–Crippen LogP) is 8.43. The first-order valence-electron chi connectivity index (χ1n) is 26.4. The predicted molar refractivity (Wildman–Crippen MR) is 294 cm³/mol. The molecule has 5 aromatic rings. The van der Waals surface area contributed by atoms with Crippen molar-refractivity contribution in [3.05, 3.63) is 83.2 Å². The number of phenolic OH excluding ortho intramolecular Hbond substituents is 1. The van der Waals surface area contributed by atoms with E-state index in [2.05, 4.69) is 105 Å². The summed E-state index contributed by atoms with van der Waals surface area (Å²) in [5, 5.41) is 37.5. The van der Waals surface area contributed by atoms with Gasteiger partial charge in [-0.05, 0) is 105 Å². The second kappa shape index (κ2) is 23.5. The number of aromatic nitrogens is 4. The van der Waals surface area contributed by atoms with E-state index in [0.717, 1.165) is 85.3 Å². The van der Waals surface area contributed by atoms with Crippen molar-refractivity contribution in [1.82, 2.24) is 40.4 Å². The number of phenols is 1. The van der Waals surface area contributed by atoms with Gasteiger partial charge in [0.15, 0.2) is 19.9 Å². The number of carboxylic acid groups (broad SMARTS) is 1. The quantitative estimate of drug-likeness (QED) is 0.0572. The van der Waals surface area contributed by atoms with Gasteiger partial charge >= 0.3 is 0 Å². The van der Waals surface area contributed by atoms with E-state index in [1.165, 1.54) is 0 Å². The molecule has 7 heterocycles. The number of anilines is 2. The Morgan fingerprint density at radius 3 is 2.40 bits per heavy atom. The zero-order chi connectivity index (χ0) is 53.8. The molecule has 0 saturated carbocycles. The number of aromatic hydroxyl groups is 1. The van der Waals surface area contributed by atoms with E-state index in [1.54, 1.807) is 28.4 Å². The van der Waals surface area contributed by atoms with Crippen LogP contribution in [-0.4, -0.2) is 155 Å². The maximum Gasteiger partial charge on any atom is 0.290 e. The van der Waals surface area contributed by atoms with E-state index in [-0.39, 0.29) is 59.2 Å². The van der Waals surface area contributed by atoms with E-state index in [9.17, 15) is 14.7 Å². The van der Waals surface area contributed by atoms with Crippen molar-refractivity contribution < 1.29 is 38.3 Å². The zero-order valence-corrected chi connectivity index (χ0v) is 47.0. The largest absolute Gasteiger partial charge is 0.507 e. The smallest absolute Gasteiger partial charge is 0.290 e. The van der Waals surface area contributed by atoms with Crippen molar-refractivity contribution in [2.45, 2.75) is 135 Å². The summed E-state index contributed by atoms with van der Waals surface area (Å²) in [5.74, 6) is 0.583. The van der Waals surface area contributed by atoms with Crippen molar-refractivity contribution in [2.75, 3.05) is 62.6 Å². The van der Waals surface area contributed by atoms with E-state index >= 15 is 0 Å². The van der Waals surface area contributed by atoms with Gasteiger partial charge in [0.25, 0.3) is 12.4 Å². The standard InChI is InChI=1S/C54H74N10O6SSi.CH2O2/c1-33(2)49(53(67)64-30-40(70-72(9,10)54(6,7)8)27-44(64)52(66)57-34(3)37-15-17-38(18-16-37)50-36(5)55-32-71-50)47-29-48(60-69-47)68-26-25-61-21-19-39(20-22-61)62-23-24-63-43-28-42(41-13-11-12-14-46(41)65)58-59-51(43)56-35(4)45(63)31-62;2-1-3/h11-18,28-29,32-35,39-40,44-45,49,65H,19-27,30-31H2,1-10H3,(H,56,59)(H,57,66);1H,(H,2,3)/t34-,35-,40+,44-,45-,49+;/m0./s1. The molecule has 0 bridgehead atoms. The Labute approximate surface area is 446 Å². The number of nitrogens with one attached hydrogen (secondary N) is 2. The highest BCUT2D eigenvalue weighted by Gasteiger charge is 2.48. The minimum atomic E-state index is -2.23. The van der Waals surface area contributed by atoms with Gasteiger partial charge in [-0.15, -0.1) is 21.5 Å².